The van der Waals surface area contributed by atoms with Crippen molar-refractivity contribution in [2.24, 2.45) is 0 Å². The largest absolute Gasteiger partial charge is 0.352 e. The van der Waals surface area contributed by atoms with Gasteiger partial charge in [0.05, 0.1) is 16.7 Å². The van der Waals surface area contributed by atoms with E-state index in [-0.39, 0.29) is 17.7 Å². The average Bonchev–Trinajstić information content (AvgIpc) is 2.17. The molecule has 4 nitrogen and oxygen atoms in total. The first-order valence-corrected chi connectivity index (χ1v) is 6.30. The van der Waals surface area contributed by atoms with Crippen LogP contribution in [0, 0.1) is 0 Å². The number of rotatable bonds is 3. The van der Waals surface area contributed by atoms with Gasteiger partial charge in [0.15, 0.2) is 9.84 Å². The van der Waals surface area contributed by atoms with Crippen molar-refractivity contribution in [2.45, 2.75) is 17.4 Å². The van der Waals surface area contributed by atoms with E-state index < -0.39 is 9.84 Å². The summed E-state index contributed by atoms with van der Waals surface area (Å²) in [6.45, 7) is 0. The number of benzene rings is 1. The molecule has 80 valence electrons. The summed E-state index contributed by atoms with van der Waals surface area (Å²) in [5, 5.41) is 2.55. The number of hydrogen-bond donors (Lipinski definition) is 1. The van der Waals surface area contributed by atoms with Gasteiger partial charge in [-0.15, -0.1) is 0 Å². The molecule has 0 radical (unpaired) electrons. The summed E-state index contributed by atoms with van der Waals surface area (Å²) >= 11 is 0. The van der Waals surface area contributed by atoms with Crippen LogP contribution in [0.15, 0.2) is 35.2 Å². The Morgan fingerprint density at radius 3 is 2.40 bits per heavy atom. The Hall–Kier alpha value is -1.36. The third-order valence-electron chi connectivity index (χ3n) is 2.32. The summed E-state index contributed by atoms with van der Waals surface area (Å²) in [4.78, 5) is 10.9. The lowest BCUT2D eigenvalue weighted by Crippen LogP contribution is -2.51. The van der Waals surface area contributed by atoms with E-state index >= 15 is 0 Å². The fourth-order valence-corrected chi connectivity index (χ4v) is 3.01. The predicted octanol–water partition coefficient (Wildman–Crippen LogP) is 0.349. The molecule has 1 aromatic carbocycles. The van der Waals surface area contributed by atoms with Crippen molar-refractivity contribution in [3.8, 4) is 0 Å². The first-order valence-electron chi connectivity index (χ1n) is 4.65. The van der Waals surface area contributed by atoms with Crippen molar-refractivity contribution < 1.29 is 13.2 Å². The molecule has 1 aliphatic rings. The zero-order valence-corrected chi connectivity index (χ0v) is 8.83. The molecule has 1 aromatic rings. The Labute approximate surface area is 88.2 Å². The molecular weight excluding hydrogens is 214 g/mol. The van der Waals surface area contributed by atoms with E-state index in [1.807, 2.05) is 0 Å². The quantitative estimate of drug-likeness (QED) is 0.755. The van der Waals surface area contributed by atoms with Gasteiger partial charge in [-0.3, -0.25) is 4.79 Å². The SMILES string of the molecule is O=C1C[C@H](CS(=O)(=O)c2ccccc2)N1. The summed E-state index contributed by atoms with van der Waals surface area (Å²) in [6, 6.07) is 8.05. The maximum absolute atomic E-state index is 11.8. The molecule has 1 aliphatic heterocycles. The minimum atomic E-state index is -3.26. The third kappa shape index (κ3) is 2.18. The Balaban J connectivity index is 2.11. The summed E-state index contributed by atoms with van der Waals surface area (Å²) < 4.78 is 23.6. The summed E-state index contributed by atoms with van der Waals surface area (Å²) in [7, 11) is -3.26. The number of carbonyl (C=O) groups is 1. The predicted molar refractivity (Wildman–Crippen MR) is 55.0 cm³/mol. The van der Waals surface area contributed by atoms with Crippen molar-refractivity contribution >= 4 is 15.7 Å². The van der Waals surface area contributed by atoms with Crippen LogP contribution in [0.5, 0.6) is 0 Å². The molecule has 0 saturated carbocycles. The highest BCUT2D eigenvalue weighted by atomic mass is 32.2. The van der Waals surface area contributed by atoms with Crippen LogP contribution in [-0.2, 0) is 14.6 Å². The second kappa shape index (κ2) is 3.66. The number of β-lactam (4-membered cyclic amide) rings is 1. The molecule has 1 N–H and O–H groups in total. The lowest BCUT2D eigenvalue weighted by molar-refractivity contribution is -0.127. The van der Waals surface area contributed by atoms with Gasteiger partial charge in [0.2, 0.25) is 5.91 Å². The van der Waals surface area contributed by atoms with Crippen LogP contribution in [0.1, 0.15) is 6.42 Å². The van der Waals surface area contributed by atoms with Crippen LogP contribution in [0.2, 0.25) is 0 Å². The fraction of sp³-hybridized carbons (Fsp3) is 0.300. The molecule has 2 rings (SSSR count). The second-order valence-corrected chi connectivity index (χ2v) is 5.60. The summed E-state index contributed by atoms with van der Waals surface area (Å²) in [5.41, 5.74) is 0. The molecule has 0 aromatic heterocycles. The number of sulfone groups is 1. The van der Waals surface area contributed by atoms with Gasteiger partial charge in [0.1, 0.15) is 0 Å². The van der Waals surface area contributed by atoms with E-state index in [9.17, 15) is 13.2 Å². The van der Waals surface area contributed by atoms with Gasteiger partial charge >= 0.3 is 0 Å². The zero-order valence-electron chi connectivity index (χ0n) is 8.01. The van der Waals surface area contributed by atoms with Gasteiger partial charge < -0.3 is 5.32 Å². The van der Waals surface area contributed by atoms with Crippen molar-refractivity contribution in [3.63, 3.8) is 0 Å². The Morgan fingerprint density at radius 2 is 1.87 bits per heavy atom. The van der Waals surface area contributed by atoms with Gasteiger partial charge in [-0.2, -0.15) is 0 Å². The molecule has 1 amide bonds. The smallest absolute Gasteiger partial charge is 0.222 e. The second-order valence-electron chi connectivity index (χ2n) is 3.56. The van der Waals surface area contributed by atoms with Crippen LogP contribution in [0.3, 0.4) is 0 Å². The molecule has 0 bridgehead atoms. The van der Waals surface area contributed by atoms with Gasteiger partial charge in [-0.05, 0) is 12.1 Å². The lowest BCUT2D eigenvalue weighted by Gasteiger charge is -2.26. The molecule has 15 heavy (non-hydrogen) atoms. The fourth-order valence-electron chi connectivity index (χ4n) is 1.52. The first kappa shape index (κ1) is 10.2. The monoisotopic (exact) mass is 225 g/mol. The average molecular weight is 225 g/mol. The molecule has 1 heterocycles. The van der Waals surface area contributed by atoms with Crippen LogP contribution in [0.25, 0.3) is 0 Å². The normalized spacial score (nSPS) is 20.5. The van der Waals surface area contributed by atoms with E-state index in [4.69, 9.17) is 0 Å². The molecule has 1 atom stereocenters. The Bertz CT molecular complexity index is 459. The van der Waals surface area contributed by atoms with Gasteiger partial charge in [0.25, 0.3) is 0 Å². The van der Waals surface area contributed by atoms with Crippen LogP contribution < -0.4 is 5.32 Å². The lowest BCUT2D eigenvalue weighted by atomic mass is 10.1. The first-order chi connectivity index (χ1) is 7.08. The van der Waals surface area contributed by atoms with Gasteiger partial charge in [-0.25, -0.2) is 8.42 Å². The molecular formula is C10H11NO3S. The Kier molecular flexibility index (Phi) is 2.48. The molecule has 1 fully saturated rings. The summed E-state index contributed by atoms with van der Waals surface area (Å²) in [5.74, 6) is -0.0915. The maximum Gasteiger partial charge on any atom is 0.222 e. The van der Waals surface area contributed by atoms with Crippen molar-refractivity contribution in [2.75, 3.05) is 5.75 Å². The number of hydrogen-bond acceptors (Lipinski definition) is 3. The van der Waals surface area contributed by atoms with Gasteiger partial charge in [0, 0.05) is 6.42 Å². The van der Waals surface area contributed by atoms with Crippen LogP contribution >= 0.6 is 0 Å². The van der Waals surface area contributed by atoms with Crippen LogP contribution in [-0.4, -0.2) is 26.1 Å². The molecule has 0 aliphatic carbocycles. The number of amides is 1. The Morgan fingerprint density at radius 1 is 1.27 bits per heavy atom. The van der Waals surface area contributed by atoms with E-state index in [1.54, 1.807) is 30.3 Å². The molecule has 5 heteroatoms. The highest BCUT2D eigenvalue weighted by molar-refractivity contribution is 7.91. The third-order valence-corrected chi connectivity index (χ3v) is 4.15. The van der Waals surface area contributed by atoms with E-state index in [0.29, 0.717) is 11.3 Å². The highest BCUT2D eigenvalue weighted by Gasteiger charge is 2.30. The van der Waals surface area contributed by atoms with E-state index in [0.717, 1.165) is 0 Å². The van der Waals surface area contributed by atoms with Gasteiger partial charge in [-0.1, -0.05) is 18.2 Å². The number of nitrogens with one attached hydrogen (secondary N) is 1. The van der Waals surface area contributed by atoms with Crippen molar-refractivity contribution in [1.82, 2.24) is 5.32 Å². The van der Waals surface area contributed by atoms with Crippen molar-refractivity contribution in [3.05, 3.63) is 30.3 Å². The molecule has 0 unspecified atom stereocenters. The molecule has 1 saturated heterocycles. The maximum atomic E-state index is 11.8. The number of carbonyl (C=O) groups excluding carboxylic acids is 1. The standard InChI is InChI=1S/C10H11NO3S/c12-10-6-8(11-10)7-15(13,14)9-4-2-1-3-5-9/h1-5,8H,6-7H2,(H,11,12)/t8-/m1/s1. The topological polar surface area (TPSA) is 63.2 Å². The summed E-state index contributed by atoms with van der Waals surface area (Å²) in [6.07, 6.45) is 0.312. The highest BCUT2D eigenvalue weighted by Crippen LogP contribution is 2.15. The molecule has 0 spiro atoms. The van der Waals surface area contributed by atoms with Crippen LogP contribution in [0.4, 0.5) is 0 Å². The minimum Gasteiger partial charge on any atom is -0.352 e. The van der Waals surface area contributed by atoms with Crippen molar-refractivity contribution in [1.29, 1.82) is 0 Å². The minimum absolute atomic E-state index is 0.0112. The van der Waals surface area contributed by atoms with E-state index in [1.165, 1.54) is 0 Å². The zero-order chi connectivity index (χ0) is 10.9. The van der Waals surface area contributed by atoms with E-state index in [2.05, 4.69) is 5.32 Å².